The highest BCUT2D eigenvalue weighted by Gasteiger charge is 2.29. The van der Waals surface area contributed by atoms with Gasteiger partial charge in [-0.15, -0.1) is 0 Å². The molecule has 5 rings (SSSR count). The third-order valence-corrected chi connectivity index (χ3v) is 6.86. The zero-order chi connectivity index (χ0) is 22.1. The fraction of sp³-hybridized carbons (Fsp3) is 0.520. The van der Waals surface area contributed by atoms with Gasteiger partial charge in [-0.3, -0.25) is 4.79 Å². The molecule has 0 bridgehead atoms. The number of fused-ring (bicyclic) bond motifs is 1. The normalized spacial score (nSPS) is 17.8. The van der Waals surface area contributed by atoms with Crippen LogP contribution in [0.25, 0.3) is 16.7 Å². The molecule has 0 N–H and O–H groups in total. The summed E-state index contributed by atoms with van der Waals surface area (Å²) in [6.07, 6.45) is 6.23. The maximum Gasteiger partial charge on any atom is 0.225 e. The van der Waals surface area contributed by atoms with Gasteiger partial charge in [-0.1, -0.05) is 38.0 Å². The Labute approximate surface area is 189 Å². The Kier molecular flexibility index (Phi) is 5.81. The van der Waals surface area contributed by atoms with Gasteiger partial charge in [-0.2, -0.15) is 5.10 Å². The van der Waals surface area contributed by atoms with Gasteiger partial charge >= 0.3 is 0 Å². The maximum atomic E-state index is 13.0. The second-order valence-corrected chi connectivity index (χ2v) is 9.00. The van der Waals surface area contributed by atoms with Gasteiger partial charge in [0, 0.05) is 38.5 Å². The molecule has 0 spiro atoms. The van der Waals surface area contributed by atoms with E-state index in [1.54, 1.807) is 0 Å². The average molecular weight is 433 g/mol. The Morgan fingerprint density at radius 1 is 1.00 bits per heavy atom. The summed E-state index contributed by atoms with van der Waals surface area (Å²) >= 11 is 0. The number of rotatable bonds is 4. The van der Waals surface area contributed by atoms with Crippen LogP contribution in [-0.2, 0) is 11.2 Å². The molecule has 2 aliphatic rings. The summed E-state index contributed by atoms with van der Waals surface area (Å²) in [4.78, 5) is 27.2. The summed E-state index contributed by atoms with van der Waals surface area (Å²) in [5.41, 5.74) is 2.80. The van der Waals surface area contributed by atoms with Crippen molar-refractivity contribution in [1.82, 2.24) is 24.6 Å². The number of anilines is 1. The van der Waals surface area contributed by atoms with Crippen molar-refractivity contribution >= 4 is 22.8 Å². The second kappa shape index (κ2) is 8.88. The summed E-state index contributed by atoms with van der Waals surface area (Å²) in [5.74, 6) is 2.39. The number of carbonyl (C=O) groups excluding carboxylic acids is 1. The van der Waals surface area contributed by atoms with Crippen LogP contribution in [0.3, 0.4) is 0 Å². The Balaban J connectivity index is 1.48. The Morgan fingerprint density at radius 2 is 1.78 bits per heavy atom. The molecule has 3 heterocycles. The van der Waals surface area contributed by atoms with E-state index in [4.69, 9.17) is 15.1 Å². The quantitative estimate of drug-likeness (QED) is 0.625. The first-order valence-electron chi connectivity index (χ1n) is 12.0. The number of nitrogens with zero attached hydrogens (tertiary/aromatic N) is 6. The van der Waals surface area contributed by atoms with Crippen molar-refractivity contribution in [3.05, 3.63) is 41.9 Å². The fourth-order valence-corrected chi connectivity index (χ4v) is 5.12. The number of aromatic nitrogens is 4. The van der Waals surface area contributed by atoms with Crippen LogP contribution in [0.2, 0.25) is 0 Å². The molecule has 7 heteroatoms. The summed E-state index contributed by atoms with van der Waals surface area (Å²) in [6.45, 7) is 7.40. The zero-order valence-corrected chi connectivity index (χ0v) is 19.1. The van der Waals surface area contributed by atoms with E-state index in [0.29, 0.717) is 5.91 Å². The first kappa shape index (κ1) is 20.9. The number of para-hydroxylation sites is 1. The minimum Gasteiger partial charge on any atom is -0.354 e. The highest BCUT2D eigenvalue weighted by molar-refractivity contribution is 5.91. The number of carbonyl (C=O) groups is 1. The second-order valence-electron chi connectivity index (χ2n) is 9.00. The van der Waals surface area contributed by atoms with Gasteiger partial charge in [-0.25, -0.2) is 14.6 Å². The molecular weight excluding hydrogens is 400 g/mol. The van der Waals surface area contributed by atoms with E-state index in [-0.39, 0.29) is 5.92 Å². The van der Waals surface area contributed by atoms with Crippen molar-refractivity contribution < 1.29 is 4.79 Å². The lowest BCUT2D eigenvalue weighted by Gasteiger charge is -2.25. The Hall–Kier alpha value is -2.96. The Bertz CT molecular complexity index is 1100. The van der Waals surface area contributed by atoms with Crippen LogP contribution in [0.5, 0.6) is 0 Å². The molecule has 1 amide bonds. The molecule has 168 valence electrons. The lowest BCUT2D eigenvalue weighted by Crippen LogP contribution is -2.38. The van der Waals surface area contributed by atoms with Crippen molar-refractivity contribution in [2.45, 2.75) is 52.4 Å². The minimum atomic E-state index is 0.241. The first-order chi connectivity index (χ1) is 15.7. The monoisotopic (exact) mass is 432 g/mol. The number of aryl methyl sites for hydroxylation is 2. The lowest BCUT2D eigenvalue weighted by atomic mass is 10.1. The van der Waals surface area contributed by atoms with E-state index in [0.717, 1.165) is 85.9 Å². The van der Waals surface area contributed by atoms with Crippen LogP contribution in [0.15, 0.2) is 30.3 Å². The van der Waals surface area contributed by atoms with E-state index in [9.17, 15) is 4.79 Å². The van der Waals surface area contributed by atoms with Gasteiger partial charge in [0.25, 0.3) is 0 Å². The number of amides is 1. The Morgan fingerprint density at radius 3 is 2.53 bits per heavy atom. The third-order valence-electron chi connectivity index (χ3n) is 6.86. The van der Waals surface area contributed by atoms with Crippen molar-refractivity contribution in [1.29, 1.82) is 0 Å². The molecule has 1 saturated heterocycles. The molecule has 7 nitrogen and oxygen atoms in total. The molecule has 0 atom stereocenters. The highest BCUT2D eigenvalue weighted by Crippen LogP contribution is 2.31. The van der Waals surface area contributed by atoms with Crippen molar-refractivity contribution in [2.75, 3.05) is 31.1 Å². The van der Waals surface area contributed by atoms with E-state index in [1.807, 2.05) is 29.8 Å². The van der Waals surface area contributed by atoms with Crippen molar-refractivity contribution in [3.63, 3.8) is 0 Å². The zero-order valence-electron chi connectivity index (χ0n) is 19.1. The molecule has 1 aliphatic carbocycles. The molecule has 1 saturated carbocycles. The lowest BCUT2D eigenvalue weighted by molar-refractivity contribution is -0.135. The molecule has 32 heavy (non-hydrogen) atoms. The van der Waals surface area contributed by atoms with Crippen molar-refractivity contribution in [3.8, 4) is 5.69 Å². The summed E-state index contributed by atoms with van der Waals surface area (Å²) < 4.78 is 1.93. The van der Waals surface area contributed by atoms with Crippen LogP contribution < -0.4 is 4.90 Å². The van der Waals surface area contributed by atoms with Crippen LogP contribution in [-0.4, -0.2) is 56.7 Å². The maximum absolute atomic E-state index is 13.0. The molecule has 2 fully saturated rings. The number of benzene rings is 1. The smallest absolute Gasteiger partial charge is 0.225 e. The third kappa shape index (κ3) is 3.85. The van der Waals surface area contributed by atoms with Gasteiger partial charge in [-0.05, 0) is 38.3 Å². The first-order valence-corrected chi connectivity index (χ1v) is 12.0. The molecular formula is C25H32N6O. The molecule has 3 aromatic rings. The average Bonchev–Trinajstić information content (AvgIpc) is 3.40. The van der Waals surface area contributed by atoms with E-state index < -0.39 is 0 Å². The van der Waals surface area contributed by atoms with Crippen LogP contribution in [0.4, 0.5) is 5.82 Å². The SMILES string of the molecule is CCc1nc(N2CCCN(C(=O)C3CCCC3)CC2)c2c(C)nn(-c3ccccc3)c2n1. The molecule has 2 aromatic heterocycles. The van der Waals surface area contributed by atoms with Gasteiger partial charge in [0.15, 0.2) is 5.65 Å². The van der Waals surface area contributed by atoms with Crippen LogP contribution >= 0.6 is 0 Å². The number of hydrogen-bond acceptors (Lipinski definition) is 5. The largest absolute Gasteiger partial charge is 0.354 e. The highest BCUT2D eigenvalue weighted by atomic mass is 16.2. The van der Waals surface area contributed by atoms with E-state index in [2.05, 4.69) is 28.9 Å². The molecule has 1 aliphatic heterocycles. The predicted octanol–water partition coefficient (Wildman–Crippen LogP) is 3.92. The standard InChI is InChI=1S/C25H32N6O/c1-3-21-26-23(22-18(2)28-31(24(22)27-21)20-12-5-4-6-13-20)29-14-9-15-30(17-16-29)25(32)19-10-7-8-11-19/h4-6,12-13,19H,3,7-11,14-17H2,1-2H3. The minimum absolute atomic E-state index is 0.241. The van der Waals surface area contributed by atoms with E-state index in [1.165, 1.54) is 12.8 Å². The van der Waals surface area contributed by atoms with Gasteiger partial charge < -0.3 is 9.80 Å². The van der Waals surface area contributed by atoms with Gasteiger partial charge in [0.2, 0.25) is 5.91 Å². The van der Waals surface area contributed by atoms with Crippen molar-refractivity contribution in [2.24, 2.45) is 5.92 Å². The van der Waals surface area contributed by atoms with E-state index >= 15 is 0 Å². The van der Waals surface area contributed by atoms with Crippen LogP contribution in [0, 0.1) is 12.8 Å². The van der Waals surface area contributed by atoms with Crippen LogP contribution in [0.1, 0.15) is 50.5 Å². The van der Waals surface area contributed by atoms with Gasteiger partial charge in [0.1, 0.15) is 11.6 Å². The summed E-state index contributed by atoms with van der Waals surface area (Å²) in [6, 6.07) is 10.2. The topological polar surface area (TPSA) is 67.2 Å². The molecule has 1 aromatic carbocycles. The fourth-order valence-electron chi connectivity index (χ4n) is 5.12. The summed E-state index contributed by atoms with van der Waals surface area (Å²) in [5, 5.41) is 5.85. The molecule has 0 unspecified atom stereocenters. The summed E-state index contributed by atoms with van der Waals surface area (Å²) in [7, 11) is 0. The molecule has 0 radical (unpaired) electrons. The number of hydrogen-bond donors (Lipinski definition) is 0. The predicted molar refractivity (Wildman–Crippen MR) is 126 cm³/mol. The van der Waals surface area contributed by atoms with Gasteiger partial charge in [0.05, 0.1) is 16.8 Å².